The molecule has 4 heterocycles. The summed E-state index contributed by atoms with van der Waals surface area (Å²) in [7, 11) is 0. The fraction of sp³-hybridized carbons (Fsp3) is 0.500. The monoisotopic (exact) mass is 424 g/mol. The number of hydrogen-bond donors (Lipinski definition) is 1. The van der Waals surface area contributed by atoms with Crippen molar-refractivity contribution >= 4 is 11.3 Å². The van der Waals surface area contributed by atoms with Crippen molar-refractivity contribution in [1.29, 1.82) is 0 Å². The maximum atomic E-state index is 6.13. The van der Waals surface area contributed by atoms with E-state index in [1.165, 1.54) is 23.3 Å². The lowest BCUT2D eigenvalue weighted by molar-refractivity contribution is 0.249. The van der Waals surface area contributed by atoms with Gasteiger partial charge in [0.05, 0.1) is 12.3 Å². The Balaban J connectivity index is 1.47. The van der Waals surface area contributed by atoms with E-state index in [1.54, 1.807) is 17.7 Å². The third-order valence-electron chi connectivity index (χ3n) is 6.00. The van der Waals surface area contributed by atoms with Gasteiger partial charge in [0.25, 0.3) is 0 Å². The molecule has 7 nitrogen and oxygen atoms in total. The molecule has 1 unspecified atom stereocenters. The number of aromatic nitrogens is 4. The molecule has 0 saturated carbocycles. The maximum Gasteiger partial charge on any atom is 0.187 e. The number of fused-ring (bicyclic) bond motifs is 3. The van der Waals surface area contributed by atoms with Gasteiger partial charge in [-0.15, -0.1) is 11.3 Å². The van der Waals surface area contributed by atoms with E-state index in [4.69, 9.17) is 15.5 Å². The predicted octanol–water partition coefficient (Wildman–Crippen LogP) is 3.51. The highest BCUT2D eigenvalue weighted by atomic mass is 32.1. The Kier molecular flexibility index (Phi) is 5.30. The van der Waals surface area contributed by atoms with Crippen molar-refractivity contribution in [3.8, 4) is 27.8 Å². The highest BCUT2D eigenvalue weighted by Crippen LogP contribution is 2.40. The Hall–Kier alpha value is -2.29. The molecule has 2 aliphatic heterocycles. The molecule has 0 amide bonds. The first kappa shape index (κ1) is 19.7. The second-order valence-corrected chi connectivity index (χ2v) is 9.43. The van der Waals surface area contributed by atoms with E-state index in [-0.39, 0.29) is 6.04 Å². The van der Waals surface area contributed by atoms with Crippen LogP contribution in [0, 0.1) is 0 Å². The van der Waals surface area contributed by atoms with Crippen LogP contribution in [0.15, 0.2) is 24.5 Å². The minimum atomic E-state index is 0.243. The summed E-state index contributed by atoms with van der Waals surface area (Å²) in [6, 6.07) is 7.30. The topological polar surface area (TPSA) is 82.1 Å². The summed E-state index contributed by atoms with van der Waals surface area (Å²) >= 11 is 1.70. The fourth-order valence-corrected chi connectivity index (χ4v) is 5.49. The van der Waals surface area contributed by atoms with Crippen molar-refractivity contribution in [1.82, 2.24) is 24.6 Å². The second kappa shape index (κ2) is 8.09. The number of thiazole rings is 1. The standard InChI is InChI=1S/C22H28N6OS/c1-14(2)28-21(24-13-25-28)22-26-20-17-6-5-15(12-27-8-3-4-16(27)11-23)10-18(17)29-9-7-19(20)30-22/h5-6,10,13-14,16H,3-4,7-9,11-12,23H2,1-2H3. The third-order valence-corrected chi connectivity index (χ3v) is 7.11. The minimum absolute atomic E-state index is 0.243. The molecular weight excluding hydrogens is 396 g/mol. The van der Waals surface area contributed by atoms with Crippen molar-refractivity contribution in [3.63, 3.8) is 0 Å². The molecule has 0 aliphatic carbocycles. The number of ether oxygens (including phenoxy) is 1. The largest absolute Gasteiger partial charge is 0.492 e. The SMILES string of the molecule is CC(C)n1ncnc1-c1nc2c(s1)CCOc1cc(CN3CCCC3CN)ccc1-2. The van der Waals surface area contributed by atoms with E-state index in [2.05, 4.69) is 47.0 Å². The second-order valence-electron chi connectivity index (χ2n) is 8.34. The Morgan fingerprint density at radius 2 is 2.23 bits per heavy atom. The normalized spacial score (nSPS) is 18.9. The van der Waals surface area contributed by atoms with Gasteiger partial charge in [0.15, 0.2) is 10.8 Å². The van der Waals surface area contributed by atoms with Crippen LogP contribution in [0.4, 0.5) is 0 Å². The van der Waals surface area contributed by atoms with Crippen LogP contribution in [0.1, 0.15) is 43.2 Å². The van der Waals surface area contributed by atoms with E-state index in [1.807, 2.05) is 4.68 Å². The smallest absolute Gasteiger partial charge is 0.187 e. The summed E-state index contributed by atoms with van der Waals surface area (Å²) in [5.41, 5.74) is 9.31. The first-order valence-electron chi connectivity index (χ1n) is 10.7. The van der Waals surface area contributed by atoms with Gasteiger partial charge < -0.3 is 10.5 Å². The number of rotatable bonds is 5. The molecule has 5 rings (SSSR count). The molecule has 0 bridgehead atoms. The van der Waals surface area contributed by atoms with Crippen molar-refractivity contribution < 1.29 is 4.74 Å². The number of likely N-dealkylation sites (tertiary alicyclic amines) is 1. The van der Waals surface area contributed by atoms with Crippen molar-refractivity contribution in [3.05, 3.63) is 35.0 Å². The average molecular weight is 425 g/mol. The number of nitrogens with two attached hydrogens (primary N) is 1. The predicted molar refractivity (Wildman–Crippen MR) is 119 cm³/mol. The van der Waals surface area contributed by atoms with Gasteiger partial charge in [0.2, 0.25) is 0 Å². The van der Waals surface area contributed by atoms with Gasteiger partial charge in [0, 0.05) is 42.0 Å². The van der Waals surface area contributed by atoms with Crippen LogP contribution < -0.4 is 10.5 Å². The molecular formula is C22H28N6OS. The molecule has 0 radical (unpaired) electrons. The number of nitrogens with zero attached hydrogens (tertiary/aromatic N) is 5. The molecule has 0 spiro atoms. The summed E-state index contributed by atoms with van der Waals surface area (Å²) in [5.74, 6) is 1.76. The zero-order valence-electron chi connectivity index (χ0n) is 17.5. The third kappa shape index (κ3) is 3.53. The van der Waals surface area contributed by atoms with Crippen LogP contribution >= 0.6 is 11.3 Å². The Morgan fingerprint density at radius 3 is 3.07 bits per heavy atom. The van der Waals surface area contributed by atoms with Gasteiger partial charge in [-0.05, 0) is 50.9 Å². The minimum Gasteiger partial charge on any atom is -0.492 e. The summed E-state index contributed by atoms with van der Waals surface area (Å²) in [6.07, 6.45) is 4.89. The Bertz CT molecular complexity index is 1040. The van der Waals surface area contributed by atoms with E-state index in [0.29, 0.717) is 12.6 Å². The molecule has 1 atom stereocenters. The molecule has 1 aromatic carbocycles. The summed E-state index contributed by atoms with van der Waals surface area (Å²) < 4.78 is 8.06. The number of benzene rings is 1. The zero-order valence-corrected chi connectivity index (χ0v) is 18.4. The lowest BCUT2D eigenvalue weighted by Crippen LogP contribution is -2.34. The molecule has 2 aromatic heterocycles. The molecule has 8 heteroatoms. The van der Waals surface area contributed by atoms with Crippen LogP contribution in [0.3, 0.4) is 0 Å². The van der Waals surface area contributed by atoms with Crippen LogP contribution in [0.2, 0.25) is 0 Å². The van der Waals surface area contributed by atoms with Crippen LogP contribution in [0.25, 0.3) is 22.1 Å². The summed E-state index contributed by atoms with van der Waals surface area (Å²) in [6.45, 7) is 7.65. The van der Waals surface area contributed by atoms with Crippen LogP contribution in [-0.4, -0.2) is 50.4 Å². The van der Waals surface area contributed by atoms with Gasteiger partial charge in [0.1, 0.15) is 12.1 Å². The van der Waals surface area contributed by atoms with Crippen molar-refractivity contribution in [2.45, 2.75) is 51.7 Å². The van der Waals surface area contributed by atoms with Crippen LogP contribution in [0.5, 0.6) is 5.75 Å². The molecule has 1 saturated heterocycles. The highest BCUT2D eigenvalue weighted by molar-refractivity contribution is 7.15. The first-order valence-corrected chi connectivity index (χ1v) is 11.6. The molecule has 1 fully saturated rings. The molecule has 30 heavy (non-hydrogen) atoms. The zero-order chi connectivity index (χ0) is 20.7. The highest BCUT2D eigenvalue weighted by Gasteiger charge is 2.26. The van der Waals surface area contributed by atoms with Crippen molar-refractivity contribution in [2.24, 2.45) is 5.73 Å². The van der Waals surface area contributed by atoms with Gasteiger partial charge in [-0.2, -0.15) is 5.10 Å². The molecule has 2 aliphatic rings. The van der Waals surface area contributed by atoms with E-state index >= 15 is 0 Å². The van der Waals surface area contributed by atoms with Gasteiger partial charge in [-0.1, -0.05) is 6.07 Å². The van der Waals surface area contributed by atoms with E-state index < -0.39 is 0 Å². The summed E-state index contributed by atoms with van der Waals surface area (Å²) in [5, 5.41) is 5.29. The lowest BCUT2D eigenvalue weighted by atomic mass is 10.1. The number of hydrogen-bond acceptors (Lipinski definition) is 7. The summed E-state index contributed by atoms with van der Waals surface area (Å²) in [4.78, 5) is 13.2. The quantitative estimate of drug-likeness (QED) is 0.675. The Morgan fingerprint density at radius 1 is 1.33 bits per heavy atom. The first-order chi connectivity index (χ1) is 14.6. The van der Waals surface area contributed by atoms with Gasteiger partial charge >= 0.3 is 0 Å². The lowest BCUT2D eigenvalue weighted by Gasteiger charge is -2.23. The maximum absolute atomic E-state index is 6.13. The Labute approximate surface area is 180 Å². The van der Waals surface area contributed by atoms with E-state index in [9.17, 15) is 0 Å². The van der Waals surface area contributed by atoms with Gasteiger partial charge in [-0.25, -0.2) is 14.6 Å². The fourth-order valence-electron chi connectivity index (χ4n) is 4.45. The molecule has 2 N–H and O–H groups in total. The molecule has 3 aromatic rings. The molecule has 158 valence electrons. The van der Waals surface area contributed by atoms with Crippen molar-refractivity contribution in [2.75, 3.05) is 19.7 Å². The van der Waals surface area contributed by atoms with Gasteiger partial charge in [-0.3, -0.25) is 4.90 Å². The average Bonchev–Trinajstić information content (AvgIpc) is 3.46. The van der Waals surface area contributed by atoms with Crippen LogP contribution in [-0.2, 0) is 13.0 Å². The van der Waals surface area contributed by atoms with E-state index in [0.717, 1.165) is 53.9 Å².